The Balaban J connectivity index is 1.70. The average Bonchev–Trinajstić information content (AvgIpc) is 2.53. The summed E-state index contributed by atoms with van der Waals surface area (Å²) >= 11 is 3.45. The van der Waals surface area contributed by atoms with Gasteiger partial charge in [-0.15, -0.1) is 0 Å². The number of rotatable bonds is 4. The summed E-state index contributed by atoms with van der Waals surface area (Å²) < 4.78 is 0.731. The van der Waals surface area contributed by atoms with E-state index in [1.807, 2.05) is 42.5 Å². The van der Waals surface area contributed by atoms with Crippen LogP contribution in [0.1, 0.15) is 5.56 Å². The lowest BCUT2D eigenvalue weighted by atomic mass is 10.2. The van der Waals surface area contributed by atoms with E-state index in [9.17, 15) is 0 Å². The van der Waals surface area contributed by atoms with Gasteiger partial charge in [0.1, 0.15) is 4.60 Å². The van der Waals surface area contributed by atoms with E-state index < -0.39 is 0 Å². The van der Waals surface area contributed by atoms with Crippen molar-refractivity contribution in [3.05, 3.63) is 70.8 Å². The van der Waals surface area contributed by atoms with Crippen LogP contribution < -0.4 is 5.32 Å². The maximum absolute atomic E-state index is 4.56. The summed E-state index contributed by atoms with van der Waals surface area (Å²) in [5.74, 6) is 0.756. The van der Waals surface area contributed by atoms with Crippen molar-refractivity contribution in [2.75, 3.05) is 11.9 Å². The first kappa shape index (κ1) is 13.8. The highest BCUT2D eigenvalue weighted by molar-refractivity contribution is 9.10. The predicted octanol–water partition coefficient (Wildman–Crippen LogP) is 4.52. The van der Waals surface area contributed by atoms with Crippen LogP contribution in [0, 0.1) is 0 Å². The van der Waals surface area contributed by atoms with Gasteiger partial charge in [0.25, 0.3) is 0 Å². The van der Waals surface area contributed by atoms with Crippen molar-refractivity contribution in [1.82, 2.24) is 9.97 Å². The second-order valence-corrected chi connectivity index (χ2v) is 5.30. The standard InChI is InChI=1S/C17H14BrN3/c18-16-17(21-15-11-5-4-10-14(15)20-16)19-12-6-9-13-7-2-1-3-8-13/h1-11H,12H2,(H,19,21)/b9-6+. The van der Waals surface area contributed by atoms with Crippen LogP contribution >= 0.6 is 15.9 Å². The number of fused-ring (bicyclic) bond motifs is 1. The zero-order chi connectivity index (χ0) is 14.5. The molecular weight excluding hydrogens is 326 g/mol. The van der Waals surface area contributed by atoms with E-state index in [0.717, 1.165) is 21.5 Å². The quantitative estimate of drug-likeness (QED) is 0.759. The zero-order valence-electron chi connectivity index (χ0n) is 11.3. The van der Waals surface area contributed by atoms with Gasteiger partial charge in [0.15, 0.2) is 5.82 Å². The molecule has 3 rings (SSSR count). The highest BCUT2D eigenvalue weighted by atomic mass is 79.9. The van der Waals surface area contributed by atoms with E-state index in [4.69, 9.17) is 0 Å². The molecule has 0 radical (unpaired) electrons. The Morgan fingerprint density at radius 1 is 0.905 bits per heavy atom. The number of benzene rings is 2. The molecular formula is C17H14BrN3. The lowest BCUT2D eigenvalue weighted by Gasteiger charge is -2.06. The van der Waals surface area contributed by atoms with Gasteiger partial charge in [-0.05, 0) is 33.6 Å². The molecule has 0 amide bonds. The van der Waals surface area contributed by atoms with E-state index in [-0.39, 0.29) is 0 Å². The molecule has 3 aromatic rings. The Morgan fingerprint density at radius 3 is 2.33 bits per heavy atom. The van der Waals surface area contributed by atoms with E-state index in [1.165, 1.54) is 5.56 Å². The Kier molecular flexibility index (Phi) is 4.26. The molecule has 0 aliphatic carbocycles. The van der Waals surface area contributed by atoms with Gasteiger partial charge in [-0.25, -0.2) is 9.97 Å². The van der Waals surface area contributed by atoms with Crippen molar-refractivity contribution in [2.45, 2.75) is 0 Å². The van der Waals surface area contributed by atoms with Crippen LogP contribution in [0.15, 0.2) is 65.3 Å². The number of nitrogens with one attached hydrogen (secondary N) is 1. The minimum absolute atomic E-state index is 0.695. The Hall–Kier alpha value is -2.20. The maximum atomic E-state index is 4.56. The summed E-state index contributed by atoms with van der Waals surface area (Å²) in [5, 5.41) is 3.27. The first-order chi connectivity index (χ1) is 10.3. The highest BCUT2D eigenvalue weighted by Crippen LogP contribution is 2.21. The van der Waals surface area contributed by atoms with Crippen molar-refractivity contribution >= 4 is 38.9 Å². The van der Waals surface area contributed by atoms with Gasteiger partial charge in [0.05, 0.1) is 11.0 Å². The summed E-state index contributed by atoms with van der Waals surface area (Å²) in [7, 11) is 0. The summed E-state index contributed by atoms with van der Waals surface area (Å²) in [4.78, 5) is 9.05. The van der Waals surface area contributed by atoms with Gasteiger partial charge in [-0.2, -0.15) is 0 Å². The van der Waals surface area contributed by atoms with E-state index >= 15 is 0 Å². The summed E-state index contributed by atoms with van der Waals surface area (Å²) in [6, 6.07) is 18.0. The first-order valence-electron chi connectivity index (χ1n) is 6.71. The third kappa shape index (κ3) is 3.47. The summed E-state index contributed by atoms with van der Waals surface area (Å²) in [6.07, 6.45) is 4.15. The average molecular weight is 340 g/mol. The van der Waals surface area contributed by atoms with E-state index in [1.54, 1.807) is 0 Å². The molecule has 0 saturated carbocycles. The van der Waals surface area contributed by atoms with Crippen molar-refractivity contribution in [2.24, 2.45) is 0 Å². The fourth-order valence-corrected chi connectivity index (χ4v) is 2.43. The molecule has 3 nitrogen and oxygen atoms in total. The van der Waals surface area contributed by atoms with E-state index in [0.29, 0.717) is 6.54 Å². The molecule has 1 aromatic heterocycles. The number of nitrogens with zero attached hydrogens (tertiary/aromatic N) is 2. The number of halogens is 1. The zero-order valence-corrected chi connectivity index (χ0v) is 12.9. The van der Waals surface area contributed by atoms with Crippen LogP contribution in [0.2, 0.25) is 0 Å². The molecule has 1 heterocycles. The molecule has 21 heavy (non-hydrogen) atoms. The fourth-order valence-electron chi connectivity index (χ4n) is 2.01. The molecule has 0 fully saturated rings. The van der Waals surface area contributed by atoms with Crippen molar-refractivity contribution in [1.29, 1.82) is 0 Å². The Morgan fingerprint density at radius 2 is 1.57 bits per heavy atom. The van der Waals surface area contributed by atoms with E-state index in [2.05, 4.69) is 55.5 Å². The molecule has 0 spiro atoms. The molecule has 104 valence electrons. The SMILES string of the molecule is Brc1nc2ccccc2nc1NC/C=C/c1ccccc1. The summed E-state index contributed by atoms with van der Waals surface area (Å²) in [5.41, 5.74) is 2.95. The summed E-state index contributed by atoms with van der Waals surface area (Å²) in [6.45, 7) is 0.695. The van der Waals surface area contributed by atoms with Crippen LogP contribution in [0.5, 0.6) is 0 Å². The van der Waals surface area contributed by atoms with Gasteiger partial charge in [-0.1, -0.05) is 54.6 Å². The first-order valence-corrected chi connectivity index (χ1v) is 7.50. The molecule has 1 N–H and O–H groups in total. The van der Waals surface area contributed by atoms with Crippen molar-refractivity contribution in [3.63, 3.8) is 0 Å². The molecule has 4 heteroatoms. The second kappa shape index (κ2) is 6.50. The number of hydrogen-bond donors (Lipinski definition) is 1. The number of aromatic nitrogens is 2. The van der Waals surface area contributed by atoms with Gasteiger partial charge < -0.3 is 5.32 Å². The number of anilines is 1. The monoisotopic (exact) mass is 339 g/mol. The smallest absolute Gasteiger partial charge is 0.160 e. The maximum Gasteiger partial charge on any atom is 0.160 e. The third-order valence-electron chi connectivity index (χ3n) is 3.03. The normalized spacial score (nSPS) is 11.1. The van der Waals surface area contributed by atoms with Crippen LogP contribution in [-0.2, 0) is 0 Å². The molecule has 2 aromatic carbocycles. The molecule has 0 bridgehead atoms. The van der Waals surface area contributed by atoms with Crippen molar-refractivity contribution < 1.29 is 0 Å². The van der Waals surface area contributed by atoms with Crippen molar-refractivity contribution in [3.8, 4) is 0 Å². The van der Waals surface area contributed by atoms with Gasteiger partial charge in [0, 0.05) is 6.54 Å². The molecule has 0 aliphatic heterocycles. The largest absolute Gasteiger partial charge is 0.364 e. The third-order valence-corrected chi connectivity index (χ3v) is 3.58. The van der Waals surface area contributed by atoms with Crippen LogP contribution in [0.4, 0.5) is 5.82 Å². The highest BCUT2D eigenvalue weighted by Gasteiger charge is 2.04. The van der Waals surface area contributed by atoms with Gasteiger partial charge in [-0.3, -0.25) is 0 Å². The molecule has 0 aliphatic rings. The predicted molar refractivity (Wildman–Crippen MR) is 91.2 cm³/mol. The lowest BCUT2D eigenvalue weighted by molar-refractivity contribution is 1.19. The fraction of sp³-hybridized carbons (Fsp3) is 0.0588. The minimum Gasteiger partial charge on any atom is -0.364 e. The Bertz CT molecular complexity index is 769. The van der Waals surface area contributed by atoms with Gasteiger partial charge >= 0.3 is 0 Å². The van der Waals surface area contributed by atoms with Crippen LogP contribution in [-0.4, -0.2) is 16.5 Å². The number of para-hydroxylation sites is 2. The molecule has 0 atom stereocenters. The van der Waals surface area contributed by atoms with Crippen LogP contribution in [0.25, 0.3) is 17.1 Å². The molecule has 0 saturated heterocycles. The van der Waals surface area contributed by atoms with Crippen LogP contribution in [0.3, 0.4) is 0 Å². The molecule has 0 unspecified atom stereocenters. The minimum atomic E-state index is 0.695. The Labute approximate surface area is 131 Å². The number of hydrogen-bond acceptors (Lipinski definition) is 3. The lowest BCUT2D eigenvalue weighted by Crippen LogP contribution is -2.03. The topological polar surface area (TPSA) is 37.8 Å². The second-order valence-electron chi connectivity index (χ2n) is 4.55. The van der Waals surface area contributed by atoms with Gasteiger partial charge in [0.2, 0.25) is 0 Å².